The molecule has 3 atom stereocenters. The zero-order valence-corrected chi connectivity index (χ0v) is 18.3. The van der Waals surface area contributed by atoms with Gasteiger partial charge in [0.05, 0.1) is 12.5 Å². The molecule has 2 rings (SSSR count). The Morgan fingerprint density at radius 2 is 1.64 bits per heavy atom. The van der Waals surface area contributed by atoms with E-state index in [1.54, 1.807) is 12.3 Å². The molecule has 3 unspecified atom stereocenters. The maximum Gasteiger partial charge on any atom is 0.322 e. The summed E-state index contributed by atoms with van der Waals surface area (Å²) >= 11 is 4.02. The second-order valence-corrected chi connectivity index (χ2v) is 7.55. The average molecular weight is 480 g/mol. The Bertz CT molecular complexity index is 1040. The summed E-state index contributed by atoms with van der Waals surface area (Å²) in [6.07, 6.45) is 1.05. The fraction of sp³-hybridized carbons (Fsp3) is 0.350. The standard InChI is InChI=1S/C20H25N5O7S/c21-12(6-16(26)27)18(30)24-14(5-10-7-22-13-4-2-1-3-11(10)13)20(32)25-15(9-33)19(31)23-8-17(28)29/h1-4,7,12,14-15,22,33H,5-6,8-9,21H2,(H,23,31)(H,24,30)(H,25,32)(H,26,27)(H,28,29). The molecule has 0 saturated carbocycles. The zero-order valence-electron chi connectivity index (χ0n) is 17.4. The molecule has 2 aromatic rings. The molecule has 0 radical (unpaired) electrons. The lowest BCUT2D eigenvalue weighted by molar-refractivity contribution is -0.139. The molecule has 33 heavy (non-hydrogen) atoms. The number of aromatic nitrogens is 1. The number of amides is 3. The van der Waals surface area contributed by atoms with E-state index >= 15 is 0 Å². The van der Waals surface area contributed by atoms with Crippen LogP contribution in [0.15, 0.2) is 30.5 Å². The molecule has 0 saturated heterocycles. The van der Waals surface area contributed by atoms with E-state index < -0.39 is 60.8 Å². The van der Waals surface area contributed by atoms with E-state index in [0.717, 1.165) is 10.9 Å². The number of para-hydroxylation sites is 1. The van der Waals surface area contributed by atoms with E-state index in [9.17, 15) is 24.0 Å². The van der Waals surface area contributed by atoms with Crippen molar-refractivity contribution in [2.45, 2.75) is 31.0 Å². The van der Waals surface area contributed by atoms with Gasteiger partial charge in [-0.15, -0.1) is 0 Å². The van der Waals surface area contributed by atoms with Crippen molar-refractivity contribution in [3.63, 3.8) is 0 Å². The van der Waals surface area contributed by atoms with Crippen molar-refractivity contribution in [1.29, 1.82) is 0 Å². The van der Waals surface area contributed by atoms with Gasteiger partial charge in [-0.3, -0.25) is 24.0 Å². The molecule has 178 valence electrons. The molecule has 1 aromatic heterocycles. The molecule has 0 spiro atoms. The Hall–Kier alpha value is -3.58. The van der Waals surface area contributed by atoms with E-state index in [1.165, 1.54) is 0 Å². The van der Waals surface area contributed by atoms with Gasteiger partial charge in [-0.05, 0) is 11.6 Å². The van der Waals surface area contributed by atoms with Gasteiger partial charge in [-0.2, -0.15) is 12.6 Å². The largest absolute Gasteiger partial charge is 0.481 e. The summed E-state index contributed by atoms with van der Waals surface area (Å²) < 4.78 is 0. The molecule has 12 nitrogen and oxygen atoms in total. The molecule has 0 bridgehead atoms. The normalized spacial score (nSPS) is 13.5. The second kappa shape index (κ2) is 11.9. The number of hydrogen-bond acceptors (Lipinski definition) is 7. The molecule has 13 heteroatoms. The fourth-order valence-electron chi connectivity index (χ4n) is 3.04. The number of carboxylic acids is 2. The van der Waals surface area contributed by atoms with Crippen molar-refractivity contribution in [1.82, 2.24) is 20.9 Å². The number of benzene rings is 1. The van der Waals surface area contributed by atoms with Crippen LogP contribution in [-0.4, -0.2) is 75.3 Å². The van der Waals surface area contributed by atoms with Gasteiger partial charge in [-0.1, -0.05) is 18.2 Å². The Morgan fingerprint density at radius 1 is 0.970 bits per heavy atom. The highest BCUT2D eigenvalue weighted by molar-refractivity contribution is 7.80. The predicted octanol–water partition coefficient (Wildman–Crippen LogP) is -1.39. The van der Waals surface area contributed by atoms with Gasteiger partial charge in [-0.25, -0.2) is 0 Å². The number of carbonyl (C=O) groups excluding carboxylic acids is 3. The lowest BCUT2D eigenvalue weighted by atomic mass is 10.0. The smallest absolute Gasteiger partial charge is 0.322 e. The molecular weight excluding hydrogens is 454 g/mol. The number of carboxylic acid groups (broad SMARTS) is 2. The molecular formula is C20H25N5O7S. The third-order valence-electron chi connectivity index (χ3n) is 4.69. The van der Waals surface area contributed by atoms with Crippen LogP contribution < -0.4 is 21.7 Å². The summed E-state index contributed by atoms with van der Waals surface area (Å²) in [5, 5.41) is 25.4. The molecule has 0 fully saturated rings. The van der Waals surface area contributed by atoms with Crippen molar-refractivity contribution >= 4 is 53.2 Å². The van der Waals surface area contributed by atoms with E-state index in [0.29, 0.717) is 5.56 Å². The van der Waals surface area contributed by atoms with E-state index in [-0.39, 0.29) is 12.2 Å². The van der Waals surface area contributed by atoms with Crippen LogP contribution in [0.3, 0.4) is 0 Å². The Kier molecular flexibility index (Phi) is 9.24. The molecule has 1 heterocycles. The van der Waals surface area contributed by atoms with Gasteiger partial charge in [0.1, 0.15) is 18.6 Å². The maximum absolute atomic E-state index is 13.0. The van der Waals surface area contributed by atoms with E-state index in [2.05, 4.69) is 33.6 Å². The quantitative estimate of drug-likeness (QED) is 0.170. The van der Waals surface area contributed by atoms with Gasteiger partial charge < -0.3 is 36.9 Å². The Labute approximate surface area is 193 Å². The van der Waals surface area contributed by atoms with Crippen molar-refractivity contribution in [3.05, 3.63) is 36.0 Å². The summed E-state index contributed by atoms with van der Waals surface area (Å²) in [4.78, 5) is 62.1. The number of fused-ring (bicyclic) bond motifs is 1. The average Bonchev–Trinajstić information content (AvgIpc) is 3.17. The number of aromatic amines is 1. The Morgan fingerprint density at radius 3 is 2.27 bits per heavy atom. The Balaban J connectivity index is 2.21. The van der Waals surface area contributed by atoms with E-state index in [1.807, 2.05) is 18.2 Å². The third-order valence-corrected chi connectivity index (χ3v) is 5.06. The predicted molar refractivity (Wildman–Crippen MR) is 121 cm³/mol. The number of aliphatic carboxylic acids is 2. The molecule has 0 aliphatic carbocycles. The van der Waals surface area contributed by atoms with Gasteiger partial charge >= 0.3 is 11.9 Å². The molecule has 0 aliphatic heterocycles. The van der Waals surface area contributed by atoms with Crippen LogP contribution in [0.5, 0.6) is 0 Å². The first-order chi connectivity index (χ1) is 15.6. The molecule has 8 N–H and O–H groups in total. The summed E-state index contributed by atoms with van der Waals surface area (Å²) in [5.74, 6) is -5.04. The third kappa shape index (κ3) is 7.50. The summed E-state index contributed by atoms with van der Waals surface area (Å²) in [6.45, 7) is -0.640. The minimum Gasteiger partial charge on any atom is -0.481 e. The number of nitrogens with one attached hydrogen (secondary N) is 4. The lowest BCUT2D eigenvalue weighted by Gasteiger charge is -2.23. The first-order valence-corrected chi connectivity index (χ1v) is 10.5. The minimum absolute atomic E-state index is 0.0113. The molecule has 0 aliphatic rings. The van der Waals surface area contributed by atoms with Crippen molar-refractivity contribution in [3.8, 4) is 0 Å². The minimum atomic E-state index is -1.39. The first-order valence-electron chi connectivity index (χ1n) is 9.85. The molecule has 1 aromatic carbocycles. The monoisotopic (exact) mass is 479 g/mol. The van der Waals surface area contributed by atoms with Crippen molar-refractivity contribution < 1.29 is 34.2 Å². The summed E-state index contributed by atoms with van der Waals surface area (Å²) in [6, 6.07) is 3.52. The number of rotatable bonds is 12. The van der Waals surface area contributed by atoms with Crippen LogP contribution >= 0.6 is 12.6 Å². The van der Waals surface area contributed by atoms with Gasteiger partial charge in [0.15, 0.2) is 0 Å². The van der Waals surface area contributed by atoms with Gasteiger partial charge in [0, 0.05) is 29.3 Å². The highest BCUT2D eigenvalue weighted by Gasteiger charge is 2.29. The van der Waals surface area contributed by atoms with Crippen LogP contribution in [0.2, 0.25) is 0 Å². The SMILES string of the molecule is NC(CC(=O)O)C(=O)NC(Cc1c[nH]c2ccccc12)C(=O)NC(CS)C(=O)NCC(=O)O. The number of H-pyrrole nitrogens is 1. The van der Waals surface area contributed by atoms with Crippen LogP contribution in [-0.2, 0) is 30.4 Å². The topological polar surface area (TPSA) is 204 Å². The summed E-state index contributed by atoms with van der Waals surface area (Å²) in [7, 11) is 0. The van der Waals surface area contributed by atoms with Crippen LogP contribution in [0.25, 0.3) is 10.9 Å². The number of thiol groups is 1. The number of nitrogens with two attached hydrogens (primary N) is 1. The number of hydrogen-bond donors (Lipinski definition) is 8. The number of carbonyl (C=O) groups is 5. The van der Waals surface area contributed by atoms with Crippen molar-refractivity contribution in [2.24, 2.45) is 5.73 Å². The van der Waals surface area contributed by atoms with E-state index in [4.69, 9.17) is 15.9 Å². The highest BCUT2D eigenvalue weighted by atomic mass is 32.1. The molecule has 3 amide bonds. The maximum atomic E-state index is 13.0. The van der Waals surface area contributed by atoms with Gasteiger partial charge in [0.2, 0.25) is 17.7 Å². The van der Waals surface area contributed by atoms with Crippen LogP contribution in [0, 0.1) is 0 Å². The zero-order chi connectivity index (χ0) is 24.5. The van der Waals surface area contributed by atoms with Crippen LogP contribution in [0.4, 0.5) is 0 Å². The lowest BCUT2D eigenvalue weighted by Crippen LogP contribution is -2.57. The van der Waals surface area contributed by atoms with Crippen LogP contribution in [0.1, 0.15) is 12.0 Å². The second-order valence-electron chi connectivity index (χ2n) is 7.18. The fourth-order valence-corrected chi connectivity index (χ4v) is 3.30. The highest BCUT2D eigenvalue weighted by Crippen LogP contribution is 2.19. The van der Waals surface area contributed by atoms with Crippen molar-refractivity contribution in [2.75, 3.05) is 12.3 Å². The first kappa shape index (κ1) is 25.7. The summed E-state index contributed by atoms with van der Waals surface area (Å²) in [5.41, 5.74) is 7.11. The van der Waals surface area contributed by atoms with Gasteiger partial charge in [0.25, 0.3) is 0 Å².